The van der Waals surface area contributed by atoms with Gasteiger partial charge in [0.1, 0.15) is 0 Å². The maximum atomic E-state index is 12.3. The van der Waals surface area contributed by atoms with Crippen LogP contribution in [-0.2, 0) is 4.79 Å². The molecule has 0 unspecified atom stereocenters. The van der Waals surface area contributed by atoms with Gasteiger partial charge in [-0.15, -0.1) is 10.2 Å². The molecule has 0 saturated carbocycles. The first-order valence-electron chi connectivity index (χ1n) is 8.42. The van der Waals surface area contributed by atoms with Crippen LogP contribution in [-0.4, -0.2) is 36.5 Å². The Bertz CT molecular complexity index is 1150. The van der Waals surface area contributed by atoms with Gasteiger partial charge < -0.3 is 5.32 Å². The number of hydrogen-bond acceptors (Lipinski definition) is 6. The number of anilines is 1. The van der Waals surface area contributed by atoms with E-state index in [1.54, 1.807) is 29.0 Å². The van der Waals surface area contributed by atoms with Gasteiger partial charge in [-0.3, -0.25) is 9.78 Å². The molecule has 0 bridgehead atoms. The summed E-state index contributed by atoms with van der Waals surface area (Å²) in [6.07, 6.45) is 3.45. The van der Waals surface area contributed by atoms with Crippen molar-refractivity contribution in [2.24, 2.45) is 0 Å². The first-order valence-corrected chi connectivity index (χ1v) is 9.79. The third-order valence-electron chi connectivity index (χ3n) is 4.07. The van der Waals surface area contributed by atoms with Crippen LogP contribution in [0, 0.1) is 6.92 Å². The van der Waals surface area contributed by atoms with Crippen molar-refractivity contribution in [3.63, 3.8) is 0 Å². The molecule has 9 heteroatoms. The number of aromatic nitrogens is 5. The predicted octanol–water partition coefficient (Wildman–Crippen LogP) is 3.88. The lowest BCUT2D eigenvalue weighted by molar-refractivity contribution is -0.113. The highest BCUT2D eigenvalue weighted by Gasteiger charge is 2.13. The normalized spacial score (nSPS) is 10.9. The minimum Gasteiger partial charge on any atom is -0.325 e. The second kappa shape index (κ2) is 7.95. The van der Waals surface area contributed by atoms with Crippen LogP contribution in [0.2, 0.25) is 5.02 Å². The highest BCUT2D eigenvalue weighted by molar-refractivity contribution is 7.99. The highest BCUT2D eigenvalue weighted by atomic mass is 35.5. The summed E-state index contributed by atoms with van der Waals surface area (Å²) in [7, 11) is 0. The summed E-state index contributed by atoms with van der Waals surface area (Å²) in [5.74, 6) is 0.0153. The van der Waals surface area contributed by atoms with Gasteiger partial charge >= 0.3 is 0 Å². The summed E-state index contributed by atoms with van der Waals surface area (Å²) in [5, 5.41) is 16.8. The zero-order valence-electron chi connectivity index (χ0n) is 14.8. The number of hydrogen-bond donors (Lipinski definition) is 1. The second-order valence-corrected chi connectivity index (χ2v) is 7.31. The number of nitrogens with one attached hydrogen (secondary N) is 1. The molecular formula is C19H15ClN6OS. The van der Waals surface area contributed by atoms with Crippen LogP contribution in [0.1, 0.15) is 5.56 Å². The van der Waals surface area contributed by atoms with E-state index in [4.69, 9.17) is 11.6 Å². The molecule has 4 rings (SSSR count). The molecule has 28 heavy (non-hydrogen) atoms. The van der Waals surface area contributed by atoms with Crippen molar-refractivity contribution >= 4 is 40.6 Å². The van der Waals surface area contributed by atoms with Gasteiger partial charge in [-0.1, -0.05) is 29.4 Å². The van der Waals surface area contributed by atoms with Gasteiger partial charge in [0.15, 0.2) is 5.65 Å². The molecule has 0 aliphatic carbocycles. The molecule has 0 fully saturated rings. The van der Waals surface area contributed by atoms with Crippen molar-refractivity contribution in [3.8, 4) is 11.3 Å². The van der Waals surface area contributed by atoms with E-state index in [1.807, 2.05) is 37.3 Å². The number of halogens is 1. The van der Waals surface area contributed by atoms with E-state index in [0.29, 0.717) is 21.5 Å². The number of carbonyl (C=O) groups is 1. The van der Waals surface area contributed by atoms with Gasteiger partial charge in [0.2, 0.25) is 11.1 Å². The smallest absolute Gasteiger partial charge is 0.234 e. The zero-order valence-corrected chi connectivity index (χ0v) is 16.4. The highest BCUT2D eigenvalue weighted by Crippen LogP contribution is 2.24. The van der Waals surface area contributed by atoms with Gasteiger partial charge in [0, 0.05) is 28.7 Å². The topological polar surface area (TPSA) is 85.1 Å². The van der Waals surface area contributed by atoms with Crippen LogP contribution in [0.15, 0.2) is 60.0 Å². The number of rotatable bonds is 5. The molecule has 140 valence electrons. The lowest BCUT2D eigenvalue weighted by Gasteiger charge is -2.09. The molecular weight excluding hydrogens is 396 g/mol. The quantitative estimate of drug-likeness (QED) is 0.502. The van der Waals surface area contributed by atoms with E-state index in [-0.39, 0.29) is 11.7 Å². The van der Waals surface area contributed by atoms with Crippen molar-refractivity contribution in [2.45, 2.75) is 12.1 Å². The van der Waals surface area contributed by atoms with Crippen LogP contribution >= 0.6 is 23.4 Å². The second-order valence-electron chi connectivity index (χ2n) is 5.96. The van der Waals surface area contributed by atoms with Gasteiger partial charge in [-0.05, 0) is 48.9 Å². The molecule has 0 spiro atoms. The number of nitrogens with zero attached hydrogens (tertiary/aromatic N) is 5. The number of thioether (sulfide) groups is 1. The Morgan fingerprint density at radius 2 is 2.07 bits per heavy atom. The lowest BCUT2D eigenvalue weighted by atomic mass is 10.2. The summed E-state index contributed by atoms with van der Waals surface area (Å²) in [6.45, 7) is 1.86. The predicted molar refractivity (Wildman–Crippen MR) is 110 cm³/mol. The average molecular weight is 411 g/mol. The minimum absolute atomic E-state index is 0.157. The summed E-state index contributed by atoms with van der Waals surface area (Å²) in [6, 6.07) is 12.9. The molecule has 3 aromatic heterocycles. The molecule has 0 radical (unpaired) electrons. The van der Waals surface area contributed by atoms with Crippen molar-refractivity contribution in [2.75, 3.05) is 11.1 Å². The molecule has 1 aromatic carbocycles. The summed E-state index contributed by atoms with van der Waals surface area (Å²) >= 11 is 7.36. The Balaban J connectivity index is 1.50. The molecule has 7 nitrogen and oxygen atoms in total. The maximum Gasteiger partial charge on any atom is 0.234 e. The van der Waals surface area contributed by atoms with E-state index < -0.39 is 0 Å². The largest absolute Gasteiger partial charge is 0.325 e. The van der Waals surface area contributed by atoms with Gasteiger partial charge in [0.05, 0.1) is 11.4 Å². The molecule has 3 heterocycles. The SMILES string of the molecule is Cc1c(Cl)cccc1NC(=O)CSc1nnc2ccc(-c3cccnc3)nn12. The standard InChI is InChI=1S/C19H15ClN6OS/c1-12-14(20)5-2-6-15(12)22-18(27)11-28-19-24-23-17-8-7-16(25-26(17)19)13-4-3-9-21-10-13/h2-10H,11H2,1H3,(H,22,27). The van der Waals surface area contributed by atoms with Crippen molar-refractivity contribution in [3.05, 3.63) is 65.4 Å². The fraction of sp³-hybridized carbons (Fsp3) is 0.105. The Morgan fingerprint density at radius 1 is 1.18 bits per heavy atom. The summed E-state index contributed by atoms with van der Waals surface area (Å²) in [5.41, 5.74) is 3.78. The summed E-state index contributed by atoms with van der Waals surface area (Å²) < 4.78 is 1.63. The van der Waals surface area contributed by atoms with E-state index >= 15 is 0 Å². The summed E-state index contributed by atoms with van der Waals surface area (Å²) in [4.78, 5) is 16.5. The van der Waals surface area contributed by atoms with E-state index in [9.17, 15) is 4.79 Å². The van der Waals surface area contributed by atoms with Gasteiger partial charge in [0.25, 0.3) is 0 Å². The van der Waals surface area contributed by atoms with Crippen LogP contribution in [0.4, 0.5) is 5.69 Å². The monoisotopic (exact) mass is 410 g/mol. The number of benzene rings is 1. The van der Waals surface area contributed by atoms with Crippen LogP contribution in [0.5, 0.6) is 0 Å². The number of pyridine rings is 1. The Kier molecular flexibility index (Phi) is 5.23. The van der Waals surface area contributed by atoms with E-state index in [2.05, 4.69) is 25.6 Å². The molecule has 0 atom stereocenters. The molecule has 1 N–H and O–H groups in total. The molecule has 4 aromatic rings. The average Bonchev–Trinajstić information content (AvgIpc) is 3.13. The third kappa shape index (κ3) is 3.83. The van der Waals surface area contributed by atoms with Crippen molar-refractivity contribution in [1.82, 2.24) is 24.8 Å². The molecule has 0 saturated heterocycles. The zero-order chi connectivity index (χ0) is 19.5. The Labute approximate surface area is 170 Å². The number of carbonyl (C=O) groups excluding carboxylic acids is 1. The minimum atomic E-state index is -0.157. The molecule has 0 aliphatic rings. The van der Waals surface area contributed by atoms with Crippen LogP contribution in [0.3, 0.4) is 0 Å². The van der Waals surface area contributed by atoms with Gasteiger partial charge in [-0.25, -0.2) is 0 Å². The molecule has 1 amide bonds. The third-order valence-corrected chi connectivity index (χ3v) is 5.39. The van der Waals surface area contributed by atoms with Crippen LogP contribution in [0.25, 0.3) is 16.9 Å². The number of amides is 1. The van der Waals surface area contributed by atoms with Crippen molar-refractivity contribution in [1.29, 1.82) is 0 Å². The van der Waals surface area contributed by atoms with E-state index in [0.717, 1.165) is 16.8 Å². The van der Waals surface area contributed by atoms with Crippen LogP contribution < -0.4 is 5.32 Å². The first kappa shape index (κ1) is 18.4. The fourth-order valence-corrected chi connectivity index (χ4v) is 3.45. The Morgan fingerprint density at radius 3 is 2.89 bits per heavy atom. The van der Waals surface area contributed by atoms with Crippen molar-refractivity contribution < 1.29 is 4.79 Å². The fourth-order valence-electron chi connectivity index (χ4n) is 2.59. The number of fused-ring (bicyclic) bond motifs is 1. The maximum absolute atomic E-state index is 12.3. The lowest BCUT2D eigenvalue weighted by Crippen LogP contribution is -2.15. The van der Waals surface area contributed by atoms with Gasteiger partial charge in [-0.2, -0.15) is 9.61 Å². The first-order chi connectivity index (χ1) is 13.6. The Hall–Kier alpha value is -2.97. The van der Waals surface area contributed by atoms with E-state index in [1.165, 1.54) is 11.8 Å². The molecule has 0 aliphatic heterocycles.